The predicted octanol–water partition coefficient (Wildman–Crippen LogP) is 3.00. The molecule has 1 saturated carbocycles. The molecule has 1 rings (SSSR count). The highest BCUT2D eigenvalue weighted by Gasteiger charge is 2.21. The van der Waals surface area contributed by atoms with Gasteiger partial charge in [-0.15, -0.1) is 0 Å². The number of thiocarbonyl (C=S) groups is 2. The summed E-state index contributed by atoms with van der Waals surface area (Å²) in [6, 6.07) is 0. The molecule has 0 amide bonds. The van der Waals surface area contributed by atoms with Crippen LogP contribution in [0.15, 0.2) is 9.98 Å². The van der Waals surface area contributed by atoms with Gasteiger partial charge in [0.2, 0.25) is 0 Å². The molecule has 1 fully saturated rings. The summed E-state index contributed by atoms with van der Waals surface area (Å²) in [4.78, 5) is 8.02. The number of isothiocyanates is 2. The van der Waals surface area contributed by atoms with Gasteiger partial charge in [-0.1, -0.05) is 6.42 Å². The smallest absolute Gasteiger partial charge is 0.0585 e. The van der Waals surface area contributed by atoms with Crippen LogP contribution in [0, 0.1) is 11.8 Å². The van der Waals surface area contributed by atoms with Crippen molar-refractivity contribution in [1.29, 1.82) is 0 Å². The molecular weight excluding hydrogens is 212 g/mol. The molecule has 0 aromatic carbocycles. The van der Waals surface area contributed by atoms with Crippen molar-refractivity contribution in [3.05, 3.63) is 0 Å². The van der Waals surface area contributed by atoms with Gasteiger partial charge >= 0.3 is 0 Å². The van der Waals surface area contributed by atoms with E-state index in [-0.39, 0.29) is 0 Å². The maximum absolute atomic E-state index is 4.56. The standard InChI is InChI=1S/C10H14N2S2/c13-7-11-5-9-2-1-3-10(4-9)6-12-8-14/h9-10H,1-6H2. The first-order chi connectivity index (χ1) is 6.86. The fraction of sp³-hybridized carbons (Fsp3) is 0.800. The predicted molar refractivity (Wildman–Crippen MR) is 65.2 cm³/mol. The maximum Gasteiger partial charge on any atom is 0.0585 e. The number of nitrogens with zero attached hydrogens (tertiary/aromatic N) is 2. The summed E-state index contributed by atoms with van der Waals surface area (Å²) in [6.07, 6.45) is 4.99. The van der Waals surface area contributed by atoms with Gasteiger partial charge in [-0.3, -0.25) is 0 Å². The van der Waals surface area contributed by atoms with E-state index >= 15 is 0 Å². The van der Waals surface area contributed by atoms with Crippen molar-refractivity contribution in [2.45, 2.75) is 25.7 Å². The van der Waals surface area contributed by atoms with Gasteiger partial charge in [0.25, 0.3) is 0 Å². The van der Waals surface area contributed by atoms with E-state index in [1.54, 1.807) is 0 Å². The quantitative estimate of drug-likeness (QED) is 0.544. The average Bonchev–Trinajstić information content (AvgIpc) is 2.24. The van der Waals surface area contributed by atoms with Crippen molar-refractivity contribution in [2.24, 2.45) is 21.8 Å². The molecule has 0 radical (unpaired) electrons. The molecule has 0 spiro atoms. The van der Waals surface area contributed by atoms with Gasteiger partial charge < -0.3 is 0 Å². The van der Waals surface area contributed by atoms with Crippen LogP contribution in [0.5, 0.6) is 0 Å². The molecule has 1 aliphatic carbocycles. The molecular formula is C10H14N2S2. The van der Waals surface area contributed by atoms with Gasteiger partial charge in [0.15, 0.2) is 0 Å². The molecule has 0 aromatic rings. The van der Waals surface area contributed by atoms with Crippen LogP contribution in [0.2, 0.25) is 0 Å². The Labute approximate surface area is 95.5 Å². The van der Waals surface area contributed by atoms with Crippen LogP contribution in [-0.2, 0) is 0 Å². The van der Waals surface area contributed by atoms with Crippen LogP contribution in [0.25, 0.3) is 0 Å². The number of rotatable bonds is 4. The highest BCUT2D eigenvalue weighted by Crippen LogP contribution is 2.29. The lowest BCUT2D eigenvalue weighted by Crippen LogP contribution is -2.19. The lowest BCUT2D eigenvalue weighted by atomic mass is 9.81. The van der Waals surface area contributed by atoms with Crippen LogP contribution >= 0.6 is 24.4 Å². The highest BCUT2D eigenvalue weighted by molar-refractivity contribution is 7.78. The van der Waals surface area contributed by atoms with Crippen molar-refractivity contribution >= 4 is 34.8 Å². The molecule has 0 saturated heterocycles. The average molecular weight is 226 g/mol. The monoisotopic (exact) mass is 226 g/mol. The van der Waals surface area contributed by atoms with Gasteiger partial charge in [0.1, 0.15) is 0 Å². The third-order valence-electron chi connectivity index (χ3n) is 2.72. The molecule has 0 bridgehead atoms. The maximum atomic E-state index is 4.56. The zero-order valence-electron chi connectivity index (χ0n) is 8.11. The molecule has 4 heteroatoms. The Bertz CT molecular complexity index is 239. The normalized spacial score (nSPS) is 26.0. The van der Waals surface area contributed by atoms with E-state index in [9.17, 15) is 0 Å². The fourth-order valence-corrected chi connectivity index (χ4v) is 2.22. The summed E-state index contributed by atoms with van der Waals surface area (Å²) in [5.74, 6) is 1.34. The van der Waals surface area contributed by atoms with Crippen molar-refractivity contribution in [3.63, 3.8) is 0 Å². The highest BCUT2D eigenvalue weighted by atomic mass is 32.1. The molecule has 2 atom stereocenters. The molecule has 2 nitrogen and oxygen atoms in total. The van der Waals surface area contributed by atoms with Crippen LogP contribution in [-0.4, -0.2) is 23.4 Å². The first-order valence-corrected chi connectivity index (χ1v) is 5.75. The molecule has 0 aromatic heterocycles. The SMILES string of the molecule is S=C=NCC1CCCC(CN=C=S)C1. The van der Waals surface area contributed by atoms with Crippen molar-refractivity contribution in [2.75, 3.05) is 13.1 Å². The topological polar surface area (TPSA) is 24.7 Å². The Morgan fingerprint density at radius 1 is 1.00 bits per heavy atom. The van der Waals surface area contributed by atoms with Gasteiger partial charge in [-0.2, -0.15) is 0 Å². The Morgan fingerprint density at radius 2 is 1.50 bits per heavy atom. The Hall–Kier alpha value is -0.400. The number of hydrogen-bond donors (Lipinski definition) is 0. The molecule has 14 heavy (non-hydrogen) atoms. The van der Waals surface area contributed by atoms with Gasteiger partial charge in [-0.05, 0) is 55.5 Å². The minimum Gasteiger partial charge on any atom is -0.232 e. The van der Waals surface area contributed by atoms with E-state index in [0.29, 0.717) is 11.8 Å². The Balaban J connectivity index is 2.34. The van der Waals surface area contributed by atoms with Crippen LogP contribution in [0.1, 0.15) is 25.7 Å². The lowest BCUT2D eigenvalue weighted by Gasteiger charge is -2.26. The molecule has 76 valence electrons. The molecule has 0 N–H and O–H groups in total. The van der Waals surface area contributed by atoms with Crippen LogP contribution in [0.4, 0.5) is 0 Å². The summed E-state index contributed by atoms with van der Waals surface area (Å²) in [6.45, 7) is 1.67. The first-order valence-electron chi connectivity index (χ1n) is 4.94. The van der Waals surface area contributed by atoms with Gasteiger partial charge in [0.05, 0.1) is 23.4 Å². The molecule has 1 aliphatic rings. The molecule has 0 aliphatic heterocycles. The first kappa shape index (κ1) is 11.7. The van der Waals surface area contributed by atoms with Gasteiger partial charge in [0, 0.05) is 0 Å². The summed E-state index contributed by atoms with van der Waals surface area (Å²) < 4.78 is 0. The Kier molecular flexibility index (Phi) is 5.81. The fourth-order valence-electron chi connectivity index (χ4n) is 2.07. The second-order valence-electron chi connectivity index (χ2n) is 3.76. The largest absolute Gasteiger partial charge is 0.232 e. The third-order valence-corrected chi connectivity index (χ3v) is 2.98. The number of hydrogen-bond acceptors (Lipinski definition) is 4. The Morgan fingerprint density at radius 3 is 1.93 bits per heavy atom. The van der Waals surface area contributed by atoms with E-state index in [1.807, 2.05) is 0 Å². The van der Waals surface area contributed by atoms with E-state index in [1.165, 1.54) is 25.7 Å². The summed E-state index contributed by atoms with van der Waals surface area (Å²) in [7, 11) is 0. The summed E-state index contributed by atoms with van der Waals surface area (Å²) >= 11 is 9.12. The molecule has 2 unspecified atom stereocenters. The summed E-state index contributed by atoms with van der Waals surface area (Å²) in [5, 5.41) is 4.86. The van der Waals surface area contributed by atoms with E-state index < -0.39 is 0 Å². The van der Waals surface area contributed by atoms with Crippen LogP contribution in [0.3, 0.4) is 0 Å². The van der Waals surface area contributed by atoms with Gasteiger partial charge in [-0.25, -0.2) is 9.98 Å². The molecule has 0 heterocycles. The zero-order valence-corrected chi connectivity index (χ0v) is 9.74. The second-order valence-corrected chi connectivity index (χ2v) is 4.13. The van der Waals surface area contributed by atoms with E-state index in [4.69, 9.17) is 0 Å². The summed E-state index contributed by atoms with van der Waals surface area (Å²) in [5.41, 5.74) is 0. The van der Waals surface area contributed by atoms with E-state index in [2.05, 4.69) is 44.7 Å². The van der Waals surface area contributed by atoms with Crippen LogP contribution < -0.4 is 0 Å². The van der Waals surface area contributed by atoms with Crippen molar-refractivity contribution < 1.29 is 0 Å². The zero-order chi connectivity index (χ0) is 10.2. The second kappa shape index (κ2) is 6.97. The third kappa shape index (κ3) is 4.21. The lowest BCUT2D eigenvalue weighted by molar-refractivity contribution is 0.279. The number of aliphatic imine (C=N–C) groups is 2. The minimum atomic E-state index is 0.671. The van der Waals surface area contributed by atoms with E-state index in [0.717, 1.165) is 13.1 Å². The van der Waals surface area contributed by atoms with Crippen molar-refractivity contribution in [1.82, 2.24) is 0 Å². The minimum absolute atomic E-state index is 0.671. The van der Waals surface area contributed by atoms with Crippen molar-refractivity contribution in [3.8, 4) is 0 Å².